The number of carboxylic acid groups (broad SMARTS) is 1. The van der Waals surface area contributed by atoms with E-state index in [2.05, 4.69) is 20.5 Å². The van der Waals surface area contributed by atoms with Crippen molar-refractivity contribution in [2.45, 2.75) is 6.92 Å². The molecule has 20 heavy (non-hydrogen) atoms. The summed E-state index contributed by atoms with van der Waals surface area (Å²) in [5, 5.41) is 19.9. The molecule has 0 aliphatic rings. The molecule has 0 unspecified atom stereocenters. The summed E-state index contributed by atoms with van der Waals surface area (Å²) in [6, 6.07) is 1.54. The van der Waals surface area contributed by atoms with Crippen LogP contribution in [0.25, 0.3) is 6.08 Å². The van der Waals surface area contributed by atoms with Crippen molar-refractivity contribution in [2.24, 2.45) is 0 Å². The number of hydrogen-bond acceptors (Lipinski definition) is 6. The number of nitrogens with zero attached hydrogens (tertiary/aromatic N) is 3. The Bertz CT molecular complexity index is 681. The Hall–Kier alpha value is -2.61. The van der Waals surface area contributed by atoms with Crippen LogP contribution >= 0.6 is 11.3 Å². The number of nitrogens with one attached hydrogen (secondary N) is 1. The average Bonchev–Trinajstić information content (AvgIpc) is 2.82. The van der Waals surface area contributed by atoms with Gasteiger partial charge in [-0.25, -0.2) is 4.79 Å². The third-order valence-corrected chi connectivity index (χ3v) is 2.94. The maximum atomic E-state index is 12.0. The number of carbonyl (C=O) groups excluding carboxylic acids is 1. The molecule has 2 aromatic rings. The monoisotopic (exact) mass is 290 g/mol. The Labute approximate surface area is 118 Å². The van der Waals surface area contributed by atoms with E-state index in [4.69, 9.17) is 5.11 Å². The number of pyridine rings is 1. The number of carbonyl (C=O) groups is 2. The molecule has 2 aromatic heterocycles. The van der Waals surface area contributed by atoms with Gasteiger partial charge in [0.15, 0.2) is 0 Å². The predicted molar refractivity (Wildman–Crippen MR) is 73.5 cm³/mol. The molecule has 0 radical (unpaired) electrons. The molecular formula is C12H10N4O3S. The fourth-order valence-corrected chi connectivity index (χ4v) is 1.94. The molecule has 2 N–H and O–H groups in total. The Morgan fingerprint density at radius 1 is 1.35 bits per heavy atom. The number of hydrogen-bond donors (Lipinski definition) is 2. The van der Waals surface area contributed by atoms with Gasteiger partial charge in [0, 0.05) is 18.5 Å². The molecule has 0 atom stereocenters. The largest absolute Gasteiger partial charge is 0.478 e. The number of rotatable bonds is 4. The van der Waals surface area contributed by atoms with Crippen LogP contribution in [0, 0.1) is 6.92 Å². The van der Waals surface area contributed by atoms with Crippen molar-refractivity contribution >= 4 is 34.4 Å². The normalized spacial score (nSPS) is 10.7. The highest BCUT2D eigenvalue weighted by Gasteiger charge is 2.09. The maximum absolute atomic E-state index is 12.0. The van der Waals surface area contributed by atoms with Crippen LogP contribution in [0.3, 0.4) is 0 Å². The van der Waals surface area contributed by atoms with E-state index in [-0.39, 0.29) is 5.91 Å². The Balaban J connectivity index is 2.14. The molecule has 0 aliphatic carbocycles. The van der Waals surface area contributed by atoms with Crippen LogP contribution in [0.4, 0.5) is 5.13 Å². The van der Waals surface area contributed by atoms with E-state index in [0.717, 1.165) is 11.1 Å². The first-order chi connectivity index (χ1) is 9.54. The maximum Gasteiger partial charge on any atom is 0.328 e. The molecule has 0 aromatic carbocycles. The van der Waals surface area contributed by atoms with Crippen molar-refractivity contribution in [1.29, 1.82) is 0 Å². The van der Waals surface area contributed by atoms with Crippen LogP contribution in [-0.2, 0) is 4.79 Å². The highest BCUT2D eigenvalue weighted by molar-refractivity contribution is 7.15. The van der Waals surface area contributed by atoms with Crippen molar-refractivity contribution < 1.29 is 14.7 Å². The number of carboxylic acids is 1. The molecule has 8 heteroatoms. The summed E-state index contributed by atoms with van der Waals surface area (Å²) in [4.78, 5) is 26.3. The first kappa shape index (κ1) is 13.8. The number of aryl methyl sites for hydroxylation is 1. The fraction of sp³-hybridized carbons (Fsp3) is 0.0833. The summed E-state index contributed by atoms with van der Waals surface area (Å²) in [5.41, 5.74) is 0.832. The van der Waals surface area contributed by atoms with Gasteiger partial charge in [-0.05, 0) is 24.6 Å². The van der Waals surface area contributed by atoms with Gasteiger partial charge in [0.2, 0.25) is 5.13 Å². The van der Waals surface area contributed by atoms with Gasteiger partial charge in [0.05, 0.1) is 5.56 Å². The molecule has 0 aliphatic heterocycles. The SMILES string of the molecule is Cc1nnc(NC(=O)c2cncc(/C=C/C(=O)O)c2)s1. The molecule has 1 amide bonds. The third kappa shape index (κ3) is 3.69. The van der Waals surface area contributed by atoms with Crippen LogP contribution < -0.4 is 5.32 Å². The van der Waals surface area contributed by atoms with Gasteiger partial charge < -0.3 is 5.11 Å². The van der Waals surface area contributed by atoms with E-state index < -0.39 is 5.97 Å². The molecule has 2 heterocycles. The first-order valence-electron chi connectivity index (χ1n) is 5.52. The van der Waals surface area contributed by atoms with Gasteiger partial charge in [-0.15, -0.1) is 10.2 Å². The minimum absolute atomic E-state index is 0.311. The van der Waals surface area contributed by atoms with Gasteiger partial charge in [0.25, 0.3) is 5.91 Å². The van der Waals surface area contributed by atoms with E-state index in [1.54, 1.807) is 6.92 Å². The van der Waals surface area contributed by atoms with E-state index in [1.807, 2.05) is 0 Å². The minimum atomic E-state index is -1.07. The molecule has 0 saturated carbocycles. The average molecular weight is 290 g/mol. The fourth-order valence-electron chi connectivity index (χ4n) is 1.36. The molecule has 7 nitrogen and oxygen atoms in total. The Morgan fingerprint density at radius 2 is 2.15 bits per heavy atom. The second-order valence-electron chi connectivity index (χ2n) is 3.76. The van der Waals surface area contributed by atoms with Crippen molar-refractivity contribution in [3.05, 3.63) is 40.7 Å². The van der Waals surface area contributed by atoms with Crippen LogP contribution in [0.15, 0.2) is 24.5 Å². The van der Waals surface area contributed by atoms with Crippen LogP contribution in [0.2, 0.25) is 0 Å². The lowest BCUT2D eigenvalue weighted by Gasteiger charge is -2.01. The van der Waals surface area contributed by atoms with Crippen molar-refractivity contribution in [1.82, 2.24) is 15.2 Å². The van der Waals surface area contributed by atoms with Crippen LogP contribution in [-0.4, -0.2) is 32.2 Å². The van der Waals surface area contributed by atoms with Gasteiger partial charge in [-0.3, -0.25) is 15.1 Å². The summed E-state index contributed by atoms with van der Waals surface area (Å²) < 4.78 is 0. The van der Waals surface area contributed by atoms with E-state index in [0.29, 0.717) is 16.3 Å². The number of aromatic nitrogens is 3. The zero-order valence-electron chi connectivity index (χ0n) is 10.4. The molecule has 2 rings (SSSR count). The summed E-state index contributed by atoms with van der Waals surface area (Å²) in [6.45, 7) is 1.78. The zero-order chi connectivity index (χ0) is 14.5. The van der Waals surface area contributed by atoms with Gasteiger partial charge >= 0.3 is 5.97 Å². The second kappa shape index (κ2) is 6.02. The van der Waals surface area contributed by atoms with Crippen molar-refractivity contribution in [3.63, 3.8) is 0 Å². The number of amides is 1. The third-order valence-electron chi connectivity index (χ3n) is 2.19. The van der Waals surface area contributed by atoms with Gasteiger partial charge in [-0.1, -0.05) is 11.3 Å². The summed E-state index contributed by atoms with van der Waals surface area (Å²) in [6.07, 6.45) is 5.20. The number of aliphatic carboxylic acids is 1. The Kier molecular flexibility index (Phi) is 4.16. The molecular weight excluding hydrogens is 280 g/mol. The highest BCUT2D eigenvalue weighted by atomic mass is 32.1. The summed E-state index contributed by atoms with van der Waals surface area (Å²) in [5.74, 6) is -1.44. The lowest BCUT2D eigenvalue weighted by Crippen LogP contribution is -2.12. The number of anilines is 1. The van der Waals surface area contributed by atoms with Crippen LogP contribution in [0.5, 0.6) is 0 Å². The topological polar surface area (TPSA) is 105 Å². The first-order valence-corrected chi connectivity index (χ1v) is 6.34. The van der Waals surface area contributed by atoms with Gasteiger partial charge in [0.1, 0.15) is 5.01 Å². The summed E-state index contributed by atoms with van der Waals surface area (Å²) in [7, 11) is 0. The molecule has 102 valence electrons. The standard InChI is InChI=1S/C12H10N4O3S/c1-7-15-16-12(20-7)14-11(19)9-4-8(5-13-6-9)2-3-10(17)18/h2-6H,1H3,(H,17,18)(H,14,16,19)/b3-2+. The van der Waals surface area contributed by atoms with E-state index in [9.17, 15) is 9.59 Å². The van der Waals surface area contributed by atoms with Crippen LogP contribution in [0.1, 0.15) is 20.9 Å². The molecule has 0 spiro atoms. The van der Waals surface area contributed by atoms with E-state index in [1.165, 1.54) is 35.9 Å². The van der Waals surface area contributed by atoms with Crippen molar-refractivity contribution in [3.8, 4) is 0 Å². The predicted octanol–water partition coefficient (Wildman–Crippen LogP) is 1.59. The summed E-state index contributed by atoms with van der Waals surface area (Å²) >= 11 is 1.26. The molecule has 0 fully saturated rings. The molecule has 0 bridgehead atoms. The quantitative estimate of drug-likeness (QED) is 0.828. The van der Waals surface area contributed by atoms with Gasteiger partial charge in [-0.2, -0.15) is 0 Å². The zero-order valence-corrected chi connectivity index (χ0v) is 11.2. The van der Waals surface area contributed by atoms with E-state index >= 15 is 0 Å². The second-order valence-corrected chi connectivity index (χ2v) is 4.94. The molecule has 0 saturated heterocycles. The lowest BCUT2D eigenvalue weighted by atomic mass is 10.2. The minimum Gasteiger partial charge on any atom is -0.478 e. The smallest absolute Gasteiger partial charge is 0.328 e. The lowest BCUT2D eigenvalue weighted by molar-refractivity contribution is -0.131. The van der Waals surface area contributed by atoms with Crippen molar-refractivity contribution in [2.75, 3.05) is 5.32 Å². The highest BCUT2D eigenvalue weighted by Crippen LogP contribution is 2.15. The Morgan fingerprint density at radius 3 is 2.80 bits per heavy atom.